The maximum Gasteiger partial charge on any atom is 0.209 e. The lowest BCUT2D eigenvalue weighted by atomic mass is 10.7. The molecule has 0 radical (unpaired) electrons. The van der Waals surface area contributed by atoms with Crippen LogP contribution in [0.2, 0.25) is 0 Å². The zero-order valence-corrected chi connectivity index (χ0v) is 5.54. The van der Waals surface area contributed by atoms with E-state index in [9.17, 15) is 0 Å². The minimum Gasteiger partial charge on any atom is -0.161 e. The fraction of sp³-hybridized carbons (Fsp3) is 0. The molecule has 0 rings (SSSR count). The summed E-state index contributed by atoms with van der Waals surface area (Å²) in [6.07, 6.45) is 0. The second kappa shape index (κ2) is 2.58. The summed E-state index contributed by atoms with van der Waals surface area (Å²) >= 11 is 0. The van der Waals surface area contributed by atoms with Crippen molar-refractivity contribution in [1.82, 2.24) is 0 Å². The summed E-state index contributed by atoms with van der Waals surface area (Å²) in [5.74, 6) is 0.412. The summed E-state index contributed by atoms with van der Waals surface area (Å²) in [5, 5.41) is 0. The third-order valence-corrected chi connectivity index (χ3v) is 0. The first-order valence-electron chi connectivity index (χ1n) is 1.46. The Balaban J connectivity index is 2.54. The van der Waals surface area contributed by atoms with Crippen molar-refractivity contribution in [1.29, 1.82) is 1.28 Å². The van der Waals surface area contributed by atoms with E-state index in [-0.39, 0.29) is 0 Å². The van der Waals surface area contributed by atoms with E-state index in [1.165, 1.54) is 0 Å². The van der Waals surface area contributed by atoms with Crippen LogP contribution in [-0.4, -0.2) is 7.15 Å². The smallest absolute Gasteiger partial charge is 0.161 e. The first-order chi connectivity index (χ1) is 2.27. The second-order valence-electron chi connectivity index (χ2n) is 0.526. The lowest BCUT2D eigenvalue weighted by molar-refractivity contribution is 4.51. The summed E-state index contributed by atoms with van der Waals surface area (Å²) in [6, 6.07) is 0. The van der Waals surface area contributed by atoms with E-state index >= 15 is 0 Å². The van der Waals surface area contributed by atoms with Crippen molar-refractivity contribution in [3.63, 3.8) is 0 Å². The topological polar surface area (TPSA) is 0 Å². The largest absolute Gasteiger partial charge is 0.209 e. The lowest BCUT2D eigenvalue weighted by Crippen LogP contribution is -1.60. The molecule has 3 atom stereocenters. The fourth-order valence-electron chi connectivity index (χ4n) is 0. The zero-order valence-electron chi connectivity index (χ0n) is 3.23. The summed E-state index contributed by atoms with van der Waals surface area (Å²) < 4.78 is 6.64. The SMILES string of the molecule is [3H]PB(P)P. The maximum atomic E-state index is 6.64. The molecule has 0 bridgehead atoms. The van der Waals surface area contributed by atoms with Gasteiger partial charge in [0.2, 0.25) is 5.87 Å². The van der Waals surface area contributed by atoms with Gasteiger partial charge in [-0.1, -0.05) is 0 Å². The number of rotatable bonds is 1. The molecule has 24 valence electrons. The second-order valence-corrected chi connectivity index (χ2v) is 4.73. The van der Waals surface area contributed by atoms with Crippen LogP contribution in [0.5, 0.6) is 0 Å². The molecular formula is H6BP3. The average Bonchev–Trinajstić information content (AvgIpc) is 1.38. The van der Waals surface area contributed by atoms with Gasteiger partial charge in [0.1, 0.15) is 0 Å². The van der Waals surface area contributed by atoms with Crippen LogP contribution >= 0.6 is 27.3 Å². The van der Waals surface area contributed by atoms with E-state index in [2.05, 4.69) is 18.2 Å². The Labute approximate surface area is 35.3 Å². The van der Waals surface area contributed by atoms with Gasteiger partial charge in [-0.3, -0.25) is 0 Å². The molecule has 0 saturated heterocycles. The molecule has 0 aliphatic rings. The highest BCUT2D eigenvalue weighted by Gasteiger charge is 1.77. The van der Waals surface area contributed by atoms with Crippen molar-refractivity contribution in [2.24, 2.45) is 0 Å². The van der Waals surface area contributed by atoms with Crippen LogP contribution in [0.4, 0.5) is 0 Å². The van der Waals surface area contributed by atoms with Crippen molar-refractivity contribution in [3.8, 4) is 0 Å². The van der Waals surface area contributed by atoms with Crippen molar-refractivity contribution in [2.75, 3.05) is 0 Å². The Hall–Kier alpha value is 1.35. The molecule has 0 spiro atoms. The summed E-state index contributed by atoms with van der Waals surface area (Å²) in [4.78, 5) is 0. The minimum absolute atomic E-state index is 0.290. The Morgan fingerprint density at radius 2 is 2.00 bits per heavy atom. The molecule has 0 saturated carbocycles. The molecule has 0 fully saturated rings. The predicted octanol–water partition coefficient (Wildman–Crippen LogP) is 0.597. The van der Waals surface area contributed by atoms with E-state index in [1.807, 2.05) is 0 Å². The van der Waals surface area contributed by atoms with Gasteiger partial charge in [0.15, 0.2) is 0 Å². The summed E-state index contributed by atoms with van der Waals surface area (Å²) in [5.41, 5.74) is 0. The van der Waals surface area contributed by atoms with Crippen LogP contribution in [0.3, 0.4) is 0 Å². The van der Waals surface area contributed by atoms with Gasteiger partial charge < -0.3 is 0 Å². The van der Waals surface area contributed by atoms with E-state index in [0.29, 0.717) is 14.9 Å². The van der Waals surface area contributed by atoms with Crippen molar-refractivity contribution in [3.05, 3.63) is 0 Å². The standard InChI is InChI=1S/BH6P3/c2-1(3)4/h2-4H2/i2T. The van der Waals surface area contributed by atoms with Gasteiger partial charge in [-0.05, 0) is 0 Å². The highest BCUT2D eigenvalue weighted by atomic mass is 31.1. The molecular weight excluding hydrogens is 104 g/mol. The van der Waals surface area contributed by atoms with Crippen LogP contribution in [0.15, 0.2) is 0 Å². The van der Waals surface area contributed by atoms with Gasteiger partial charge in [-0.15, -0.1) is 0 Å². The van der Waals surface area contributed by atoms with Crippen molar-refractivity contribution in [2.45, 2.75) is 0 Å². The van der Waals surface area contributed by atoms with Gasteiger partial charge >= 0.3 is 0 Å². The highest BCUT2D eigenvalue weighted by Crippen LogP contribution is 2.08. The van der Waals surface area contributed by atoms with E-state index in [4.69, 9.17) is 1.28 Å². The van der Waals surface area contributed by atoms with Gasteiger partial charge in [0.25, 0.3) is 0 Å². The Kier molecular flexibility index (Phi) is 2.29. The predicted molar refractivity (Wildman–Crippen MR) is 34.9 cm³/mol. The Bertz CT molecular complexity index is 20.9. The molecule has 0 nitrogen and oxygen atoms in total. The molecule has 0 aromatic carbocycles. The molecule has 3 unspecified atom stereocenters. The quantitative estimate of drug-likeness (QED) is 0.344. The summed E-state index contributed by atoms with van der Waals surface area (Å²) in [7, 11) is 5.33. The average molecular weight is 112 g/mol. The van der Waals surface area contributed by atoms with Gasteiger partial charge in [-0.2, -0.15) is 27.3 Å². The van der Waals surface area contributed by atoms with E-state index in [1.54, 1.807) is 0 Å². The molecule has 0 heterocycles. The normalized spacial score (nSPS) is 13.0. The molecule has 0 aliphatic carbocycles. The molecule has 0 N–H and O–H groups in total. The Morgan fingerprint density at radius 3 is 2.00 bits per heavy atom. The minimum atomic E-state index is 0.290. The third kappa shape index (κ3) is 10.1. The fourth-order valence-corrected chi connectivity index (χ4v) is 0. The van der Waals surface area contributed by atoms with Crippen LogP contribution in [0, 0.1) is 0 Å². The lowest BCUT2D eigenvalue weighted by Gasteiger charge is -1.72. The molecule has 0 aliphatic heterocycles. The molecule has 0 aromatic rings. The first-order valence-corrected chi connectivity index (χ1v) is 2.87. The van der Waals surface area contributed by atoms with Crippen LogP contribution in [-0.2, 0) is 0 Å². The monoisotopic (exact) mass is 112 g/mol. The molecule has 4 heavy (non-hydrogen) atoms. The zero-order chi connectivity index (χ0) is 4.28. The number of hydrogen-bond donors (Lipinski definition) is 0. The maximum absolute atomic E-state index is 6.64. The van der Waals surface area contributed by atoms with Gasteiger partial charge in [-0.25, -0.2) is 0 Å². The van der Waals surface area contributed by atoms with Crippen molar-refractivity contribution < 1.29 is 0 Å². The molecule has 0 aromatic heterocycles. The first kappa shape index (κ1) is 3.54. The van der Waals surface area contributed by atoms with E-state index in [0.717, 1.165) is 0 Å². The highest BCUT2D eigenvalue weighted by molar-refractivity contribution is 8.17. The number of hydrogen-bond acceptors (Lipinski definition) is 0. The van der Waals surface area contributed by atoms with E-state index < -0.39 is 0 Å². The van der Waals surface area contributed by atoms with Gasteiger partial charge in [0.05, 0.1) is 0 Å². The van der Waals surface area contributed by atoms with Crippen LogP contribution in [0.1, 0.15) is 0 Å². The van der Waals surface area contributed by atoms with Gasteiger partial charge in [0, 0.05) is 1.28 Å². The van der Waals surface area contributed by atoms with Crippen LogP contribution < -0.4 is 0 Å². The molecule has 4 heteroatoms. The van der Waals surface area contributed by atoms with Crippen molar-refractivity contribution >= 4 is 33.2 Å². The summed E-state index contributed by atoms with van der Waals surface area (Å²) in [6.45, 7) is 0. The Morgan fingerprint density at radius 1 is 1.75 bits per heavy atom. The third-order valence-electron chi connectivity index (χ3n) is 0. The molecule has 0 amide bonds. The van der Waals surface area contributed by atoms with Crippen LogP contribution in [0.25, 0.3) is 0 Å².